The van der Waals surface area contributed by atoms with E-state index < -0.39 is 6.10 Å². The maximum absolute atomic E-state index is 12.8. The van der Waals surface area contributed by atoms with Crippen LogP contribution in [0.15, 0.2) is 24.3 Å². The maximum atomic E-state index is 12.8. The molecule has 0 spiro atoms. The normalized spacial score (nSPS) is 12.1. The van der Waals surface area contributed by atoms with Crippen LogP contribution in [0.5, 0.6) is 0 Å². The fraction of sp³-hybridized carbons (Fsp3) is 0.870. The predicted molar refractivity (Wildman–Crippen MR) is 256 cm³/mol. The summed E-state index contributed by atoms with van der Waals surface area (Å²) >= 11 is 0. The first-order chi connectivity index (χ1) is 29.5. The summed E-state index contributed by atoms with van der Waals surface area (Å²) < 4.78 is 16.8. The third-order valence-electron chi connectivity index (χ3n) is 11.7. The van der Waals surface area contributed by atoms with Crippen molar-refractivity contribution in [1.82, 2.24) is 0 Å². The second-order valence-corrected chi connectivity index (χ2v) is 17.8. The molecule has 0 N–H and O–H groups in total. The Morgan fingerprint density at radius 2 is 0.550 bits per heavy atom. The van der Waals surface area contributed by atoms with Gasteiger partial charge in [-0.15, -0.1) is 0 Å². The standard InChI is InChI=1S/C54H100O6/c1-4-7-10-13-16-19-22-25-26-27-30-32-35-38-41-44-47-53(56)59-50-51(60-54(57)48-45-42-39-36-33-29-24-21-18-15-12-9-6-3)49-58-52(55)46-43-40-37-34-31-28-23-20-17-14-11-8-5-2/h28-29,31,33,51H,4-27,30,32,34-50H2,1-3H3/b31-28-,33-29-. The largest absolute Gasteiger partial charge is 0.462 e. The molecule has 0 aromatic carbocycles. The molecule has 6 heteroatoms. The molecular formula is C54H100O6. The Morgan fingerprint density at radius 3 is 0.850 bits per heavy atom. The highest BCUT2D eigenvalue weighted by molar-refractivity contribution is 5.71. The third kappa shape index (κ3) is 46.9. The van der Waals surface area contributed by atoms with Crippen LogP contribution in [0.1, 0.15) is 284 Å². The van der Waals surface area contributed by atoms with Crippen molar-refractivity contribution in [3.63, 3.8) is 0 Å². The number of allylic oxidation sites excluding steroid dienone is 4. The molecule has 1 unspecified atom stereocenters. The summed E-state index contributed by atoms with van der Waals surface area (Å²) in [5, 5.41) is 0. The van der Waals surface area contributed by atoms with Crippen LogP contribution in [0.4, 0.5) is 0 Å². The van der Waals surface area contributed by atoms with Gasteiger partial charge in [-0.2, -0.15) is 0 Å². The van der Waals surface area contributed by atoms with Crippen LogP contribution >= 0.6 is 0 Å². The third-order valence-corrected chi connectivity index (χ3v) is 11.7. The lowest BCUT2D eigenvalue weighted by Gasteiger charge is -2.18. The van der Waals surface area contributed by atoms with E-state index in [0.29, 0.717) is 19.3 Å². The van der Waals surface area contributed by atoms with Crippen molar-refractivity contribution in [3.05, 3.63) is 24.3 Å². The Morgan fingerprint density at radius 1 is 0.317 bits per heavy atom. The minimum atomic E-state index is -0.780. The quantitative estimate of drug-likeness (QED) is 0.0263. The molecule has 6 nitrogen and oxygen atoms in total. The van der Waals surface area contributed by atoms with Gasteiger partial charge in [0.15, 0.2) is 6.10 Å². The van der Waals surface area contributed by atoms with E-state index >= 15 is 0 Å². The summed E-state index contributed by atoms with van der Waals surface area (Å²) in [5.41, 5.74) is 0. The summed E-state index contributed by atoms with van der Waals surface area (Å²) in [6.07, 6.45) is 55.9. The fourth-order valence-electron chi connectivity index (χ4n) is 7.67. The number of carbonyl (C=O) groups excluding carboxylic acids is 3. The number of unbranched alkanes of at least 4 members (excludes halogenated alkanes) is 33. The number of carbonyl (C=O) groups is 3. The monoisotopic (exact) mass is 845 g/mol. The number of hydrogen-bond donors (Lipinski definition) is 0. The lowest BCUT2D eigenvalue weighted by atomic mass is 10.0. The Labute approximate surface area is 373 Å². The predicted octanol–water partition coefficient (Wildman–Crippen LogP) is 17.2. The van der Waals surface area contributed by atoms with Crippen molar-refractivity contribution in [2.75, 3.05) is 13.2 Å². The highest BCUT2D eigenvalue weighted by Crippen LogP contribution is 2.16. The van der Waals surface area contributed by atoms with Gasteiger partial charge in [-0.25, -0.2) is 0 Å². The molecule has 0 bridgehead atoms. The number of hydrogen-bond acceptors (Lipinski definition) is 6. The van der Waals surface area contributed by atoms with E-state index in [1.807, 2.05) is 0 Å². The summed E-state index contributed by atoms with van der Waals surface area (Å²) in [6, 6.07) is 0. The zero-order valence-corrected chi connectivity index (χ0v) is 40.2. The van der Waals surface area contributed by atoms with Crippen molar-refractivity contribution in [2.24, 2.45) is 0 Å². The molecular weight excluding hydrogens is 745 g/mol. The second-order valence-electron chi connectivity index (χ2n) is 17.8. The van der Waals surface area contributed by atoms with E-state index in [2.05, 4.69) is 45.1 Å². The molecule has 0 radical (unpaired) electrons. The number of rotatable bonds is 48. The van der Waals surface area contributed by atoms with Gasteiger partial charge in [-0.3, -0.25) is 14.4 Å². The summed E-state index contributed by atoms with van der Waals surface area (Å²) in [5.74, 6) is -0.898. The highest BCUT2D eigenvalue weighted by Gasteiger charge is 2.19. The molecule has 0 rings (SSSR count). The van der Waals surface area contributed by atoms with Crippen LogP contribution in [0.25, 0.3) is 0 Å². The van der Waals surface area contributed by atoms with Gasteiger partial charge >= 0.3 is 17.9 Å². The first-order valence-electron chi connectivity index (χ1n) is 26.3. The van der Waals surface area contributed by atoms with Crippen LogP contribution in [0, 0.1) is 0 Å². The lowest BCUT2D eigenvalue weighted by molar-refractivity contribution is -0.167. The Bertz CT molecular complexity index is 973. The molecule has 0 aromatic heterocycles. The van der Waals surface area contributed by atoms with Gasteiger partial charge in [0.1, 0.15) is 13.2 Å². The van der Waals surface area contributed by atoms with Gasteiger partial charge in [-0.05, 0) is 70.6 Å². The van der Waals surface area contributed by atoms with Crippen molar-refractivity contribution in [2.45, 2.75) is 290 Å². The number of esters is 3. The molecule has 0 amide bonds. The van der Waals surface area contributed by atoms with E-state index in [9.17, 15) is 14.4 Å². The van der Waals surface area contributed by atoms with Crippen molar-refractivity contribution in [1.29, 1.82) is 0 Å². The molecule has 1 atom stereocenters. The average Bonchev–Trinajstić information content (AvgIpc) is 3.24. The summed E-state index contributed by atoms with van der Waals surface area (Å²) in [6.45, 7) is 6.62. The molecule has 0 fully saturated rings. The molecule has 0 aliphatic rings. The zero-order chi connectivity index (χ0) is 43.7. The Kier molecular flexibility index (Phi) is 47.8. The molecule has 352 valence electrons. The SMILES string of the molecule is CCCCCCCC/C=C\CCCCCC(=O)OCC(COC(=O)CCCCCCCCCCCCCCCCCC)OC(=O)CCCCC/C=C\CCCCCCCC. The molecule has 0 saturated carbocycles. The van der Waals surface area contributed by atoms with Gasteiger partial charge in [-0.1, -0.05) is 218 Å². The van der Waals surface area contributed by atoms with Crippen molar-refractivity contribution in [3.8, 4) is 0 Å². The Hall–Kier alpha value is -2.11. The molecule has 0 aliphatic carbocycles. The highest BCUT2D eigenvalue weighted by atomic mass is 16.6. The average molecular weight is 845 g/mol. The molecule has 0 saturated heterocycles. The van der Waals surface area contributed by atoms with Gasteiger partial charge in [0, 0.05) is 19.3 Å². The van der Waals surface area contributed by atoms with Crippen LogP contribution in [-0.4, -0.2) is 37.2 Å². The smallest absolute Gasteiger partial charge is 0.306 e. The van der Waals surface area contributed by atoms with E-state index in [0.717, 1.165) is 83.5 Å². The maximum Gasteiger partial charge on any atom is 0.306 e. The minimum absolute atomic E-state index is 0.0782. The van der Waals surface area contributed by atoms with Crippen molar-refractivity contribution >= 4 is 17.9 Å². The van der Waals surface area contributed by atoms with E-state index in [4.69, 9.17) is 14.2 Å². The lowest BCUT2D eigenvalue weighted by Crippen LogP contribution is -2.30. The van der Waals surface area contributed by atoms with E-state index in [1.54, 1.807) is 0 Å². The summed E-state index contributed by atoms with van der Waals surface area (Å²) in [4.78, 5) is 37.9. The molecule has 60 heavy (non-hydrogen) atoms. The molecule has 0 aromatic rings. The van der Waals surface area contributed by atoms with Gasteiger partial charge in [0.2, 0.25) is 0 Å². The second kappa shape index (κ2) is 49.5. The zero-order valence-electron chi connectivity index (χ0n) is 40.2. The van der Waals surface area contributed by atoms with Gasteiger partial charge in [0.05, 0.1) is 0 Å². The fourth-order valence-corrected chi connectivity index (χ4v) is 7.67. The molecule has 0 aliphatic heterocycles. The molecule has 0 heterocycles. The Balaban J connectivity index is 4.36. The first-order valence-corrected chi connectivity index (χ1v) is 26.3. The van der Waals surface area contributed by atoms with E-state index in [-0.39, 0.29) is 31.1 Å². The van der Waals surface area contributed by atoms with Crippen LogP contribution in [0.3, 0.4) is 0 Å². The number of ether oxygens (including phenoxy) is 3. The van der Waals surface area contributed by atoms with Crippen LogP contribution < -0.4 is 0 Å². The topological polar surface area (TPSA) is 78.9 Å². The summed E-state index contributed by atoms with van der Waals surface area (Å²) in [7, 11) is 0. The van der Waals surface area contributed by atoms with E-state index in [1.165, 1.54) is 161 Å². The van der Waals surface area contributed by atoms with Crippen LogP contribution in [-0.2, 0) is 28.6 Å². The van der Waals surface area contributed by atoms with Crippen LogP contribution in [0.2, 0.25) is 0 Å². The first kappa shape index (κ1) is 57.9. The minimum Gasteiger partial charge on any atom is -0.462 e. The van der Waals surface area contributed by atoms with Crippen molar-refractivity contribution < 1.29 is 28.6 Å². The van der Waals surface area contributed by atoms with Gasteiger partial charge in [0.25, 0.3) is 0 Å². The van der Waals surface area contributed by atoms with Gasteiger partial charge < -0.3 is 14.2 Å².